The first-order chi connectivity index (χ1) is 10.3. The van der Waals surface area contributed by atoms with E-state index in [0.29, 0.717) is 19.2 Å². The zero-order valence-corrected chi connectivity index (χ0v) is 12.9. The average Bonchev–Trinajstić information content (AvgIpc) is 2.92. The highest BCUT2D eigenvalue weighted by molar-refractivity contribution is 5.97. The number of ether oxygens (including phenoxy) is 1. The molecule has 3 nitrogen and oxygen atoms in total. The van der Waals surface area contributed by atoms with E-state index in [1.807, 2.05) is 31.2 Å². The fourth-order valence-electron chi connectivity index (χ4n) is 3.88. The summed E-state index contributed by atoms with van der Waals surface area (Å²) in [7, 11) is 0. The molecule has 0 radical (unpaired) electrons. The Balaban J connectivity index is 1.60. The van der Waals surface area contributed by atoms with Crippen molar-refractivity contribution in [3.05, 3.63) is 29.8 Å². The van der Waals surface area contributed by atoms with E-state index in [2.05, 4.69) is 4.90 Å². The number of benzene rings is 1. The Kier molecular flexibility index (Phi) is 4.59. The van der Waals surface area contributed by atoms with E-state index >= 15 is 0 Å². The summed E-state index contributed by atoms with van der Waals surface area (Å²) in [6.45, 7) is 4.30. The molecule has 1 aliphatic carbocycles. The third-order valence-corrected chi connectivity index (χ3v) is 4.96. The molecular formula is C18H25NO2. The molecule has 0 amide bonds. The van der Waals surface area contributed by atoms with Gasteiger partial charge in [-0.15, -0.1) is 0 Å². The Bertz CT molecular complexity index is 482. The minimum absolute atomic E-state index is 0.240. The zero-order valence-electron chi connectivity index (χ0n) is 12.9. The molecule has 0 bridgehead atoms. The second kappa shape index (κ2) is 6.61. The highest BCUT2D eigenvalue weighted by Gasteiger charge is 2.36. The van der Waals surface area contributed by atoms with Crippen molar-refractivity contribution in [3.8, 4) is 5.75 Å². The summed E-state index contributed by atoms with van der Waals surface area (Å²) < 4.78 is 5.42. The summed E-state index contributed by atoms with van der Waals surface area (Å²) >= 11 is 0. The van der Waals surface area contributed by atoms with E-state index < -0.39 is 0 Å². The molecule has 3 heteroatoms. The standard InChI is InChI=1S/C18H25NO2/c1-2-21-16-9-7-15(8-10-16)18(20)13-19-12-11-14-5-3-4-6-17(14)19/h7-10,14,17H,2-6,11-13H2,1H3. The van der Waals surface area contributed by atoms with E-state index in [-0.39, 0.29) is 5.78 Å². The molecular weight excluding hydrogens is 262 g/mol. The van der Waals surface area contributed by atoms with Crippen LogP contribution in [0.5, 0.6) is 5.75 Å². The van der Waals surface area contributed by atoms with Crippen LogP contribution in [-0.2, 0) is 0 Å². The largest absolute Gasteiger partial charge is 0.494 e. The monoisotopic (exact) mass is 287 g/mol. The SMILES string of the molecule is CCOc1ccc(C(=O)CN2CCC3CCCCC32)cc1. The molecule has 1 aromatic rings. The maximum atomic E-state index is 12.5. The van der Waals surface area contributed by atoms with Crippen LogP contribution in [0.2, 0.25) is 0 Å². The van der Waals surface area contributed by atoms with Crippen LogP contribution in [0.3, 0.4) is 0 Å². The summed E-state index contributed by atoms with van der Waals surface area (Å²) in [4.78, 5) is 14.9. The second-order valence-corrected chi connectivity index (χ2v) is 6.25. The lowest BCUT2D eigenvalue weighted by atomic mass is 9.85. The molecule has 3 rings (SSSR count). The van der Waals surface area contributed by atoms with E-state index in [9.17, 15) is 4.79 Å². The molecule has 0 N–H and O–H groups in total. The molecule has 1 saturated heterocycles. The summed E-state index contributed by atoms with van der Waals surface area (Å²) in [5.74, 6) is 1.92. The number of carbonyl (C=O) groups excluding carboxylic acids is 1. The van der Waals surface area contributed by atoms with Crippen LogP contribution in [0.15, 0.2) is 24.3 Å². The van der Waals surface area contributed by atoms with E-state index in [1.165, 1.54) is 32.1 Å². The Morgan fingerprint density at radius 3 is 2.71 bits per heavy atom. The van der Waals surface area contributed by atoms with Gasteiger partial charge < -0.3 is 4.74 Å². The Labute approximate surface area is 127 Å². The normalized spacial score (nSPS) is 25.6. The third kappa shape index (κ3) is 3.29. The van der Waals surface area contributed by atoms with Gasteiger partial charge in [0.15, 0.2) is 5.78 Å². The van der Waals surface area contributed by atoms with Gasteiger partial charge in [0.05, 0.1) is 13.2 Å². The van der Waals surface area contributed by atoms with E-state index in [4.69, 9.17) is 4.74 Å². The predicted molar refractivity (Wildman–Crippen MR) is 83.9 cm³/mol. The summed E-state index contributed by atoms with van der Waals surface area (Å²) in [6.07, 6.45) is 6.62. The first-order valence-electron chi connectivity index (χ1n) is 8.28. The van der Waals surface area contributed by atoms with Gasteiger partial charge in [-0.3, -0.25) is 9.69 Å². The van der Waals surface area contributed by atoms with Crippen molar-refractivity contribution >= 4 is 5.78 Å². The molecule has 1 aromatic carbocycles. The van der Waals surface area contributed by atoms with Gasteiger partial charge in [-0.25, -0.2) is 0 Å². The van der Waals surface area contributed by atoms with E-state index in [0.717, 1.165) is 23.8 Å². The number of Topliss-reactive ketones (excluding diaryl/α,β-unsaturated/α-hetero) is 1. The summed E-state index contributed by atoms with van der Waals surface area (Å²) in [5.41, 5.74) is 0.803. The molecule has 2 atom stereocenters. The maximum Gasteiger partial charge on any atom is 0.176 e. The van der Waals surface area contributed by atoms with Crippen molar-refractivity contribution in [2.45, 2.75) is 45.1 Å². The van der Waals surface area contributed by atoms with Crippen molar-refractivity contribution in [2.24, 2.45) is 5.92 Å². The van der Waals surface area contributed by atoms with Crippen LogP contribution >= 0.6 is 0 Å². The van der Waals surface area contributed by atoms with Crippen molar-refractivity contribution in [3.63, 3.8) is 0 Å². The van der Waals surface area contributed by atoms with Crippen LogP contribution in [-0.4, -0.2) is 36.4 Å². The third-order valence-electron chi connectivity index (χ3n) is 4.96. The van der Waals surface area contributed by atoms with Gasteiger partial charge in [0.25, 0.3) is 0 Å². The number of hydrogen-bond acceptors (Lipinski definition) is 3. The lowest BCUT2D eigenvalue weighted by Gasteiger charge is -2.31. The van der Waals surface area contributed by atoms with Gasteiger partial charge in [0.2, 0.25) is 0 Å². The maximum absolute atomic E-state index is 12.5. The number of nitrogens with zero attached hydrogens (tertiary/aromatic N) is 1. The van der Waals surface area contributed by atoms with Crippen LogP contribution < -0.4 is 4.74 Å². The number of hydrogen-bond donors (Lipinski definition) is 0. The highest BCUT2D eigenvalue weighted by Crippen LogP contribution is 2.36. The quantitative estimate of drug-likeness (QED) is 0.776. The molecule has 114 valence electrons. The van der Waals surface area contributed by atoms with Gasteiger partial charge in [-0.1, -0.05) is 12.8 Å². The first-order valence-corrected chi connectivity index (χ1v) is 8.28. The van der Waals surface area contributed by atoms with Crippen molar-refractivity contribution in [1.82, 2.24) is 4.90 Å². The minimum Gasteiger partial charge on any atom is -0.494 e. The highest BCUT2D eigenvalue weighted by atomic mass is 16.5. The van der Waals surface area contributed by atoms with Gasteiger partial charge in [0, 0.05) is 11.6 Å². The molecule has 0 aromatic heterocycles. The lowest BCUT2D eigenvalue weighted by molar-refractivity contribution is 0.0896. The second-order valence-electron chi connectivity index (χ2n) is 6.25. The Morgan fingerprint density at radius 1 is 1.19 bits per heavy atom. The molecule has 2 fully saturated rings. The smallest absolute Gasteiger partial charge is 0.176 e. The molecule has 1 saturated carbocycles. The predicted octanol–water partition coefficient (Wildman–Crippen LogP) is 3.53. The van der Waals surface area contributed by atoms with Crippen molar-refractivity contribution in [1.29, 1.82) is 0 Å². The number of ketones is 1. The van der Waals surface area contributed by atoms with E-state index in [1.54, 1.807) is 0 Å². The number of carbonyl (C=O) groups is 1. The fraction of sp³-hybridized carbons (Fsp3) is 0.611. The molecule has 1 aliphatic heterocycles. The lowest BCUT2D eigenvalue weighted by Crippen LogP contribution is -2.38. The van der Waals surface area contributed by atoms with Crippen LogP contribution in [0.25, 0.3) is 0 Å². The van der Waals surface area contributed by atoms with Gasteiger partial charge in [-0.05, 0) is 62.9 Å². The van der Waals surface area contributed by atoms with Crippen LogP contribution in [0.4, 0.5) is 0 Å². The summed E-state index contributed by atoms with van der Waals surface area (Å²) in [6, 6.07) is 8.22. The molecule has 0 spiro atoms. The Morgan fingerprint density at radius 2 is 1.95 bits per heavy atom. The number of rotatable bonds is 5. The van der Waals surface area contributed by atoms with Crippen molar-refractivity contribution < 1.29 is 9.53 Å². The topological polar surface area (TPSA) is 29.5 Å². The summed E-state index contributed by atoms with van der Waals surface area (Å²) in [5, 5.41) is 0. The molecule has 2 unspecified atom stereocenters. The molecule has 21 heavy (non-hydrogen) atoms. The van der Waals surface area contributed by atoms with Gasteiger partial charge in [-0.2, -0.15) is 0 Å². The van der Waals surface area contributed by atoms with Crippen LogP contribution in [0, 0.1) is 5.92 Å². The van der Waals surface area contributed by atoms with Gasteiger partial charge in [0.1, 0.15) is 5.75 Å². The fourth-order valence-corrected chi connectivity index (χ4v) is 3.88. The average molecular weight is 287 g/mol. The molecule has 1 heterocycles. The van der Waals surface area contributed by atoms with Crippen LogP contribution in [0.1, 0.15) is 49.4 Å². The van der Waals surface area contributed by atoms with Crippen molar-refractivity contribution in [2.75, 3.05) is 19.7 Å². The number of likely N-dealkylation sites (tertiary alicyclic amines) is 1. The zero-order chi connectivity index (χ0) is 14.7. The molecule has 2 aliphatic rings. The minimum atomic E-state index is 0.240. The Hall–Kier alpha value is -1.35. The number of fused-ring (bicyclic) bond motifs is 1. The first kappa shape index (κ1) is 14.6. The van der Waals surface area contributed by atoms with Gasteiger partial charge >= 0.3 is 0 Å².